The van der Waals surface area contributed by atoms with Gasteiger partial charge in [0.2, 0.25) is 17.6 Å². The van der Waals surface area contributed by atoms with Gasteiger partial charge in [-0.3, -0.25) is 4.79 Å². The number of hydrogen-bond donors (Lipinski definition) is 1. The highest BCUT2D eigenvalue weighted by atomic mass is 79.9. The van der Waals surface area contributed by atoms with Crippen LogP contribution in [-0.4, -0.2) is 23.2 Å². The van der Waals surface area contributed by atoms with Gasteiger partial charge in [0.15, 0.2) is 0 Å². The molecule has 0 saturated carbocycles. The maximum absolute atomic E-state index is 12.1. The molecule has 1 amide bonds. The number of aryl methyl sites for hydroxylation is 2. The van der Waals surface area contributed by atoms with Crippen LogP contribution >= 0.6 is 15.9 Å². The van der Waals surface area contributed by atoms with Gasteiger partial charge in [0, 0.05) is 28.6 Å². The fraction of sp³-hybridized carbons (Fsp3) is 0.250. The first kappa shape index (κ1) is 19.1. The standard InChI is InChI=1S/C20H20BrN3O3/c1-13-12-15(21)8-11-17(13)22-18(25)4-3-5-19-23-20(24-27-19)14-6-9-16(26-2)10-7-14/h6-12H,3-5H2,1-2H3,(H,22,25). The number of aromatic nitrogens is 2. The van der Waals surface area contributed by atoms with Crippen LogP contribution in [-0.2, 0) is 11.2 Å². The van der Waals surface area contributed by atoms with Crippen LogP contribution in [0.4, 0.5) is 5.69 Å². The van der Waals surface area contributed by atoms with Crippen molar-refractivity contribution in [3.8, 4) is 17.1 Å². The number of ether oxygens (including phenoxy) is 1. The number of methoxy groups -OCH3 is 1. The Morgan fingerprint density at radius 2 is 2.00 bits per heavy atom. The highest BCUT2D eigenvalue weighted by Crippen LogP contribution is 2.21. The second-order valence-electron chi connectivity index (χ2n) is 6.10. The molecule has 1 N–H and O–H groups in total. The average Bonchev–Trinajstić information content (AvgIpc) is 3.13. The van der Waals surface area contributed by atoms with E-state index in [0.717, 1.165) is 27.0 Å². The van der Waals surface area contributed by atoms with Gasteiger partial charge in [0.05, 0.1) is 7.11 Å². The summed E-state index contributed by atoms with van der Waals surface area (Å²) in [5, 5.41) is 6.92. The van der Waals surface area contributed by atoms with Crippen molar-refractivity contribution in [2.45, 2.75) is 26.2 Å². The van der Waals surface area contributed by atoms with Crippen molar-refractivity contribution < 1.29 is 14.1 Å². The molecule has 0 bridgehead atoms. The van der Waals surface area contributed by atoms with Crippen molar-refractivity contribution >= 4 is 27.5 Å². The molecule has 0 aliphatic rings. The van der Waals surface area contributed by atoms with Gasteiger partial charge >= 0.3 is 0 Å². The molecule has 3 rings (SSSR count). The van der Waals surface area contributed by atoms with Gasteiger partial charge in [-0.2, -0.15) is 4.98 Å². The predicted molar refractivity (Wildman–Crippen MR) is 107 cm³/mol. The van der Waals surface area contributed by atoms with Crippen molar-refractivity contribution in [2.75, 3.05) is 12.4 Å². The van der Waals surface area contributed by atoms with E-state index in [0.29, 0.717) is 31.0 Å². The summed E-state index contributed by atoms with van der Waals surface area (Å²) in [6.45, 7) is 1.96. The Morgan fingerprint density at radius 3 is 2.70 bits per heavy atom. The van der Waals surface area contributed by atoms with Crippen LogP contribution in [0.2, 0.25) is 0 Å². The van der Waals surface area contributed by atoms with Gasteiger partial charge < -0.3 is 14.6 Å². The molecular weight excluding hydrogens is 410 g/mol. The molecule has 0 radical (unpaired) electrons. The Morgan fingerprint density at radius 1 is 1.22 bits per heavy atom. The number of amides is 1. The molecule has 0 atom stereocenters. The van der Waals surface area contributed by atoms with Crippen LogP contribution in [0.3, 0.4) is 0 Å². The molecule has 3 aromatic rings. The number of hydrogen-bond acceptors (Lipinski definition) is 5. The number of carbonyl (C=O) groups excluding carboxylic acids is 1. The summed E-state index contributed by atoms with van der Waals surface area (Å²) in [5.41, 5.74) is 2.69. The van der Waals surface area contributed by atoms with Crippen LogP contribution in [0.15, 0.2) is 51.5 Å². The van der Waals surface area contributed by atoms with Crippen LogP contribution in [0, 0.1) is 6.92 Å². The Hall–Kier alpha value is -2.67. The summed E-state index contributed by atoms with van der Waals surface area (Å²) in [4.78, 5) is 16.5. The molecule has 6 nitrogen and oxygen atoms in total. The molecule has 27 heavy (non-hydrogen) atoms. The van der Waals surface area contributed by atoms with E-state index in [4.69, 9.17) is 9.26 Å². The number of nitrogens with zero attached hydrogens (tertiary/aromatic N) is 2. The van der Waals surface area contributed by atoms with Gasteiger partial charge in [-0.25, -0.2) is 0 Å². The summed E-state index contributed by atoms with van der Waals surface area (Å²) in [6.07, 6.45) is 1.57. The summed E-state index contributed by atoms with van der Waals surface area (Å²) >= 11 is 3.41. The van der Waals surface area contributed by atoms with Crippen LogP contribution in [0.25, 0.3) is 11.4 Å². The SMILES string of the molecule is COc1ccc(-c2noc(CCCC(=O)Nc3ccc(Br)cc3C)n2)cc1. The Bertz CT molecular complexity index is 922. The van der Waals surface area contributed by atoms with E-state index < -0.39 is 0 Å². The lowest BCUT2D eigenvalue weighted by Crippen LogP contribution is -2.12. The van der Waals surface area contributed by atoms with Crippen molar-refractivity contribution in [3.63, 3.8) is 0 Å². The lowest BCUT2D eigenvalue weighted by molar-refractivity contribution is -0.116. The van der Waals surface area contributed by atoms with Crippen molar-refractivity contribution in [1.82, 2.24) is 10.1 Å². The number of rotatable bonds is 7. The van der Waals surface area contributed by atoms with Crippen LogP contribution in [0.5, 0.6) is 5.75 Å². The van der Waals surface area contributed by atoms with E-state index in [-0.39, 0.29) is 5.91 Å². The first-order valence-corrected chi connectivity index (χ1v) is 9.37. The molecule has 0 unspecified atom stereocenters. The Labute approximate surface area is 166 Å². The molecule has 7 heteroatoms. The minimum Gasteiger partial charge on any atom is -0.497 e. The van der Waals surface area contributed by atoms with E-state index >= 15 is 0 Å². The van der Waals surface area contributed by atoms with E-state index in [1.165, 1.54) is 0 Å². The molecule has 0 aliphatic heterocycles. The van der Waals surface area contributed by atoms with E-state index in [9.17, 15) is 4.79 Å². The number of benzene rings is 2. The number of nitrogens with one attached hydrogen (secondary N) is 1. The largest absolute Gasteiger partial charge is 0.497 e. The minimum atomic E-state index is -0.0321. The fourth-order valence-corrected chi connectivity index (χ4v) is 3.07. The number of carbonyl (C=O) groups is 1. The minimum absolute atomic E-state index is 0.0321. The van der Waals surface area contributed by atoms with Crippen LogP contribution in [0.1, 0.15) is 24.3 Å². The van der Waals surface area contributed by atoms with E-state index in [1.807, 2.05) is 49.4 Å². The zero-order valence-corrected chi connectivity index (χ0v) is 16.7. The molecule has 140 valence electrons. The Balaban J connectivity index is 1.50. The van der Waals surface area contributed by atoms with Gasteiger partial charge in [-0.15, -0.1) is 0 Å². The molecule has 1 aromatic heterocycles. The summed E-state index contributed by atoms with van der Waals surface area (Å²) in [5.74, 6) is 1.79. The smallest absolute Gasteiger partial charge is 0.226 e. The van der Waals surface area contributed by atoms with E-state index in [2.05, 4.69) is 31.4 Å². The third-order valence-electron chi connectivity index (χ3n) is 4.07. The molecule has 0 spiro atoms. The van der Waals surface area contributed by atoms with Crippen molar-refractivity contribution in [3.05, 3.63) is 58.4 Å². The molecule has 0 fully saturated rings. The van der Waals surface area contributed by atoms with Crippen LogP contribution < -0.4 is 10.1 Å². The second kappa shape index (κ2) is 8.81. The highest BCUT2D eigenvalue weighted by Gasteiger charge is 2.10. The highest BCUT2D eigenvalue weighted by molar-refractivity contribution is 9.10. The lowest BCUT2D eigenvalue weighted by Gasteiger charge is -2.08. The van der Waals surface area contributed by atoms with Gasteiger partial charge in [-0.05, 0) is 61.4 Å². The van der Waals surface area contributed by atoms with Crippen molar-refractivity contribution in [2.24, 2.45) is 0 Å². The molecular formula is C20H20BrN3O3. The third-order valence-corrected chi connectivity index (χ3v) is 4.57. The zero-order chi connectivity index (χ0) is 19.2. The predicted octanol–water partition coefficient (Wildman–Crippen LogP) is 4.78. The second-order valence-corrected chi connectivity index (χ2v) is 7.02. The fourth-order valence-electron chi connectivity index (χ4n) is 2.59. The maximum atomic E-state index is 12.1. The summed E-state index contributed by atoms with van der Waals surface area (Å²) < 4.78 is 11.4. The van der Waals surface area contributed by atoms with Crippen molar-refractivity contribution in [1.29, 1.82) is 0 Å². The van der Waals surface area contributed by atoms with Gasteiger partial charge in [0.1, 0.15) is 5.75 Å². The summed E-state index contributed by atoms with van der Waals surface area (Å²) in [6, 6.07) is 13.2. The molecule has 2 aromatic carbocycles. The number of halogens is 1. The normalized spacial score (nSPS) is 10.6. The van der Waals surface area contributed by atoms with E-state index in [1.54, 1.807) is 7.11 Å². The molecule has 1 heterocycles. The topological polar surface area (TPSA) is 77.2 Å². The number of anilines is 1. The first-order valence-electron chi connectivity index (χ1n) is 8.58. The Kier molecular flexibility index (Phi) is 6.24. The molecule has 0 aliphatic carbocycles. The van der Waals surface area contributed by atoms with Gasteiger partial charge in [-0.1, -0.05) is 21.1 Å². The summed E-state index contributed by atoms with van der Waals surface area (Å²) in [7, 11) is 1.62. The monoisotopic (exact) mass is 429 g/mol. The first-order chi connectivity index (χ1) is 13.0. The van der Waals surface area contributed by atoms with Gasteiger partial charge in [0.25, 0.3) is 0 Å². The quantitative estimate of drug-likeness (QED) is 0.584. The maximum Gasteiger partial charge on any atom is 0.226 e. The lowest BCUT2D eigenvalue weighted by atomic mass is 10.2. The zero-order valence-electron chi connectivity index (χ0n) is 15.2. The average molecular weight is 430 g/mol. The molecule has 0 saturated heterocycles. The third kappa shape index (κ3) is 5.17.